The summed E-state index contributed by atoms with van der Waals surface area (Å²) in [5.41, 5.74) is 0.186. The SMILES string of the molecule is CC(C)(C)[C@@H]1CCCN(C(=O)[C@H]2CC(=O)N(CC(F)(F)F)C2)CC1. The molecule has 0 bridgehead atoms. The van der Waals surface area contributed by atoms with E-state index in [9.17, 15) is 22.8 Å². The fourth-order valence-corrected chi connectivity index (χ4v) is 3.75. The zero-order valence-corrected chi connectivity index (χ0v) is 14.7. The van der Waals surface area contributed by atoms with Crippen LogP contribution in [0.3, 0.4) is 0 Å². The first kappa shape index (κ1) is 19.1. The van der Waals surface area contributed by atoms with Gasteiger partial charge < -0.3 is 9.80 Å². The molecule has 2 aliphatic heterocycles. The first-order valence-electron chi connectivity index (χ1n) is 8.60. The van der Waals surface area contributed by atoms with Gasteiger partial charge in [0, 0.05) is 26.1 Å². The maximum Gasteiger partial charge on any atom is 0.406 e. The van der Waals surface area contributed by atoms with Crippen molar-refractivity contribution in [1.82, 2.24) is 9.80 Å². The molecule has 138 valence electrons. The van der Waals surface area contributed by atoms with Crippen LogP contribution in [-0.4, -0.2) is 54.0 Å². The summed E-state index contributed by atoms with van der Waals surface area (Å²) in [6.45, 7) is 6.47. The highest BCUT2D eigenvalue weighted by Crippen LogP contribution is 2.35. The Morgan fingerprint density at radius 2 is 1.83 bits per heavy atom. The molecule has 0 saturated carbocycles. The van der Waals surface area contributed by atoms with Crippen LogP contribution in [0.4, 0.5) is 13.2 Å². The molecule has 2 heterocycles. The Labute approximate surface area is 141 Å². The Kier molecular flexibility index (Phi) is 5.50. The molecule has 4 nitrogen and oxygen atoms in total. The standard InChI is InChI=1S/C17H27F3N2O2/c1-16(2,3)13-5-4-7-21(8-6-13)15(24)12-9-14(23)22(10-12)11-17(18,19)20/h12-13H,4-11H2,1-3H3/t12-,13+/m0/s1. The number of nitrogens with zero attached hydrogens (tertiary/aromatic N) is 2. The minimum atomic E-state index is -4.42. The van der Waals surface area contributed by atoms with Gasteiger partial charge in [-0.15, -0.1) is 0 Å². The summed E-state index contributed by atoms with van der Waals surface area (Å²) in [5, 5.41) is 0. The highest BCUT2D eigenvalue weighted by atomic mass is 19.4. The fourth-order valence-electron chi connectivity index (χ4n) is 3.75. The Morgan fingerprint density at radius 1 is 1.17 bits per heavy atom. The van der Waals surface area contributed by atoms with Crippen LogP contribution in [0, 0.1) is 17.3 Å². The lowest BCUT2D eigenvalue weighted by Crippen LogP contribution is -2.39. The lowest BCUT2D eigenvalue weighted by atomic mass is 9.77. The molecule has 2 amide bonds. The molecule has 0 aliphatic carbocycles. The second kappa shape index (κ2) is 6.92. The number of carbonyl (C=O) groups is 2. The first-order valence-corrected chi connectivity index (χ1v) is 8.60. The Hall–Kier alpha value is -1.27. The molecule has 2 fully saturated rings. The second-order valence-electron chi connectivity index (χ2n) is 8.11. The van der Waals surface area contributed by atoms with E-state index in [1.54, 1.807) is 4.90 Å². The van der Waals surface area contributed by atoms with E-state index >= 15 is 0 Å². The Bertz CT molecular complexity index is 485. The molecule has 2 atom stereocenters. The maximum absolute atomic E-state index is 12.6. The van der Waals surface area contributed by atoms with Crippen molar-refractivity contribution >= 4 is 11.8 Å². The minimum absolute atomic E-state index is 0.103. The van der Waals surface area contributed by atoms with Gasteiger partial charge in [0.25, 0.3) is 0 Å². The number of alkyl halides is 3. The molecule has 2 saturated heterocycles. The van der Waals surface area contributed by atoms with Crippen molar-refractivity contribution < 1.29 is 22.8 Å². The van der Waals surface area contributed by atoms with Gasteiger partial charge in [0.1, 0.15) is 6.54 Å². The van der Waals surface area contributed by atoms with Crippen LogP contribution >= 0.6 is 0 Å². The van der Waals surface area contributed by atoms with E-state index in [0.717, 1.165) is 24.2 Å². The molecular weight excluding hydrogens is 321 g/mol. The number of likely N-dealkylation sites (tertiary alicyclic amines) is 2. The molecule has 24 heavy (non-hydrogen) atoms. The van der Waals surface area contributed by atoms with Crippen LogP contribution in [-0.2, 0) is 9.59 Å². The average Bonchev–Trinajstić information content (AvgIpc) is 2.64. The van der Waals surface area contributed by atoms with Crippen molar-refractivity contribution in [2.24, 2.45) is 17.3 Å². The van der Waals surface area contributed by atoms with Gasteiger partial charge >= 0.3 is 6.18 Å². The second-order valence-corrected chi connectivity index (χ2v) is 8.11. The Morgan fingerprint density at radius 3 is 2.42 bits per heavy atom. The van der Waals surface area contributed by atoms with Crippen molar-refractivity contribution in [2.45, 2.75) is 52.6 Å². The summed E-state index contributed by atoms with van der Waals surface area (Å²) >= 11 is 0. The summed E-state index contributed by atoms with van der Waals surface area (Å²) < 4.78 is 37.4. The smallest absolute Gasteiger partial charge is 0.342 e. The molecule has 2 rings (SSSR count). The van der Waals surface area contributed by atoms with E-state index in [-0.39, 0.29) is 24.3 Å². The van der Waals surface area contributed by atoms with E-state index < -0.39 is 24.5 Å². The van der Waals surface area contributed by atoms with Crippen LogP contribution in [0.25, 0.3) is 0 Å². The highest BCUT2D eigenvalue weighted by Gasteiger charge is 2.42. The number of halogens is 3. The summed E-state index contributed by atoms with van der Waals surface area (Å²) in [7, 11) is 0. The van der Waals surface area contributed by atoms with Gasteiger partial charge in [-0.05, 0) is 30.6 Å². The van der Waals surface area contributed by atoms with Crippen molar-refractivity contribution in [1.29, 1.82) is 0 Å². The Balaban J connectivity index is 1.94. The zero-order chi connectivity index (χ0) is 18.1. The number of hydrogen-bond acceptors (Lipinski definition) is 2. The highest BCUT2D eigenvalue weighted by molar-refractivity contribution is 5.89. The monoisotopic (exact) mass is 348 g/mol. The molecule has 2 aliphatic rings. The molecule has 7 heteroatoms. The van der Waals surface area contributed by atoms with Crippen LogP contribution in [0.1, 0.15) is 46.5 Å². The van der Waals surface area contributed by atoms with Crippen LogP contribution < -0.4 is 0 Å². The third-order valence-corrected chi connectivity index (χ3v) is 5.20. The van der Waals surface area contributed by atoms with Crippen LogP contribution in [0.15, 0.2) is 0 Å². The minimum Gasteiger partial charge on any atom is -0.342 e. The molecule has 0 aromatic rings. The van der Waals surface area contributed by atoms with Gasteiger partial charge in [-0.2, -0.15) is 13.2 Å². The lowest BCUT2D eigenvalue weighted by Gasteiger charge is -2.30. The summed E-state index contributed by atoms with van der Waals surface area (Å²) in [6, 6.07) is 0. The third kappa shape index (κ3) is 4.86. The van der Waals surface area contributed by atoms with Crippen LogP contribution in [0.2, 0.25) is 0 Å². The van der Waals surface area contributed by atoms with Crippen molar-refractivity contribution in [3.63, 3.8) is 0 Å². The summed E-state index contributed by atoms with van der Waals surface area (Å²) in [5.74, 6) is -0.844. The number of carbonyl (C=O) groups excluding carboxylic acids is 2. The number of rotatable bonds is 2. The van der Waals surface area contributed by atoms with Crippen molar-refractivity contribution in [3.05, 3.63) is 0 Å². The van der Waals surface area contributed by atoms with Crippen LogP contribution in [0.5, 0.6) is 0 Å². The van der Waals surface area contributed by atoms with E-state index in [1.165, 1.54) is 0 Å². The van der Waals surface area contributed by atoms with Gasteiger partial charge in [0.05, 0.1) is 5.92 Å². The molecule has 0 aromatic carbocycles. The first-order chi connectivity index (χ1) is 11.0. The van der Waals surface area contributed by atoms with Gasteiger partial charge in [0.15, 0.2) is 0 Å². The number of amides is 2. The molecular formula is C17H27F3N2O2. The maximum atomic E-state index is 12.6. The predicted octanol–water partition coefficient (Wildman–Crippen LogP) is 3.07. The van der Waals surface area contributed by atoms with E-state index in [1.807, 2.05) is 0 Å². The topological polar surface area (TPSA) is 40.6 Å². The van der Waals surface area contributed by atoms with E-state index in [4.69, 9.17) is 0 Å². The largest absolute Gasteiger partial charge is 0.406 e. The number of hydrogen-bond donors (Lipinski definition) is 0. The van der Waals surface area contributed by atoms with E-state index in [2.05, 4.69) is 20.8 Å². The van der Waals surface area contributed by atoms with Crippen molar-refractivity contribution in [3.8, 4) is 0 Å². The summed E-state index contributed by atoms with van der Waals surface area (Å²) in [6.07, 6.45) is -1.66. The quantitative estimate of drug-likeness (QED) is 0.769. The van der Waals surface area contributed by atoms with Crippen molar-refractivity contribution in [2.75, 3.05) is 26.2 Å². The molecule has 0 radical (unpaired) electrons. The average molecular weight is 348 g/mol. The van der Waals surface area contributed by atoms with Gasteiger partial charge in [-0.25, -0.2) is 0 Å². The van der Waals surface area contributed by atoms with Gasteiger partial charge in [-0.1, -0.05) is 20.8 Å². The third-order valence-electron chi connectivity index (χ3n) is 5.20. The summed E-state index contributed by atoms with van der Waals surface area (Å²) in [4.78, 5) is 26.9. The molecule has 0 spiro atoms. The zero-order valence-electron chi connectivity index (χ0n) is 14.7. The normalized spacial score (nSPS) is 26.7. The van der Waals surface area contributed by atoms with Gasteiger partial charge in [-0.3, -0.25) is 9.59 Å². The lowest BCUT2D eigenvalue weighted by molar-refractivity contribution is -0.157. The van der Waals surface area contributed by atoms with E-state index in [0.29, 0.717) is 19.0 Å². The predicted molar refractivity (Wildman–Crippen MR) is 84.1 cm³/mol. The molecule has 0 unspecified atom stereocenters. The van der Waals surface area contributed by atoms with Gasteiger partial charge in [0.2, 0.25) is 11.8 Å². The molecule has 0 N–H and O–H groups in total. The fraction of sp³-hybridized carbons (Fsp3) is 0.882. The molecule has 0 aromatic heterocycles.